The summed E-state index contributed by atoms with van der Waals surface area (Å²) in [6, 6.07) is 12.0. The lowest BCUT2D eigenvalue weighted by atomic mass is 9.98. The summed E-state index contributed by atoms with van der Waals surface area (Å²) in [4.78, 5) is 21.3. The topological polar surface area (TPSA) is 64.1 Å². The van der Waals surface area contributed by atoms with Crippen LogP contribution in [-0.2, 0) is 6.18 Å². The Morgan fingerprint density at radius 2 is 1.82 bits per heavy atom. The molecular weight excluding hydrogens is 450 g/mol. The molecule has 0 spiro atoms. The Labute approximate surface area is 192 Å². The van der Waals surface area contributed by atoms with Crippen LogP contribution in [0.25, 0.3) is 22.0 Å². The first-order valence-electron chi connectivity index (χ1n) is 10.2. The monoisotopic (exact) mass is 469 g/mol. The molecule has 4 rings (SSSR count). The number of nitrogens with zero attached hydrogens (tertiary/aromatic N) is 2. The van der Waals surface area contributed by atoms with Crippen LogP contribution in [-0.4, -0.2) is 23.0 Å². The van der Waals surface area contributed by atoms with Crippen LogP contribution in [0.2, 0.25) is 0 Å². The van der Waals surface area contributed by atoms with Crippen molar-refractivity contribution >= 4 is 16.8 Å². The van der Waals surface area contributed by atoms with Gasteiger partial charge < -0.3 is 10.1 Å². The summed E-state index contributed by atoms with van der Waals surface area (Å²) in [6.45, 7) is 1.79. The third kappa shape index (κ3) is 4.68. The van der Waals surface area contributed by atoms with Gasteiger partial charge in [0.25, 0.3) is 5.91 Å². The van der Waals surface area contributed by atoms with Gasteiger partial charge in [-0.1, -0.05) is 12.1 Å². The molecule has 0 saturated heterocycles. The van der Waals surface area contributed by atoms with Crippen LogP contribution in [0.15, 0.2) is 67.0 Å². The lowest BCUT2D eigenvalue weighted by molar-refractivity contribution is -0.137. The van der Waals surface area contributed by atoms with E-state index in [4.69, 9.17) is 4.74 Å². The molecule has 9 heteroatoms. The molecule has 2 heterocycles. The van der Waals surface area contributed by atoms with E-state index in [-0.39, 0.29) is 22.7 Å². The fourth-order valence-corrected chi connectivity index (χ4v) is 3.57. The number of ether oxygens (including phenoxy) is 1. The third-order valence-electron chi connectivity index (χ3n) is 5.32. The number of hydrogen-bond donors (Lipinski definition) is 1. The van der Waals surface area contributed by atoms with Crippen molar-refractivity contribution in [3.63, 3.8) is 0 Å². The highest BCUT2D eigenvalue weighted by Gasteiger charge is 2.31. The normalized spacial score (nSPS) is 12.4. The number of alkyl halides is 3. The molecule has 0 unspecified atom stereocenters. The highest BCUT2D eigenvalue weighted by atomic mass is 19.4. The zero-order valence-corrected chi connectivity index (χ0v) is 18.2. The van der Waals surface area contributed by atoms with E-state index in [9.17, 15) is 22.4 Å². The molecule has 174 valence electrons. The van der Waals surface area contributed by atoms with Gasteiger partial charge in [0.1, 0.15) is 11.6 Å². The summed E-state index contributed by atoms with van der Waals surface area (Å²) in [7, 11) is 1.41. The maximum Gasteiger partial charge on any atom is 0.416 e. The molecule has 2 aromatic heterocycles. The van der Waals surface area contributed by atoms with Crippen molar-refractivity contribution in [3.8, 4) is 16.9 Å². The number of carbonyl (C=O) groups is 1. The fourth-order valence-electron chi connectivity index (χ4n) is 3.57. The first kappa shape index (κ1) is 23.2. The molecule has 0 radical (unpaired) electrons. The van der Waals surface area contributed by atoms with Gasteiger partial charge in [0, 0.05) is 28.9 Å². The van der Waals surface area contributed by atoms with Gasteiger partial charge in [-0.15, -0.1) is 0 Å². The number of carbonyl (C=O) groups excluding carboxylic acids is 1. The number of hydrogen-bond acceptors (Lipinski definition) is 4. The van der Waals surface area contributed by atoms with Crippen LogP contribution in [0.5, 0.6) is 5.75 Å². The minimum atomic E-state index is -4.66. The molecule has 0 bridgehead atoms. The highest BCUT2D eigenvalue weighted by molar-refractivity contribution is 6.01. The van der Waals surface area contributed by atoms with E-state index >= 15 is 0 Å². The smallest absolute Gasteiger partial charge is 0.416 e. The predicted octanol–water partition coefficient (Wildman–Crippen LogP) is 5.95. The van der Waals surface area contributed by atoms with Gasteiger partial charge in [0.05, 0.1) is 35.5 Å². The number of benzene rings is 2. The summed E-state index contributed by atoms with van der Waals surface area (Å²) in [5, 5.41) is 3.31. The van der Waals surface area contributed by atoms with Crippen LogP contribution in [0.3, 0.4) is 0 Å². The second-order valence-corrected chi connectivity index (χ2v) is 7.61. The van der Waals surface area contributed by atoms with Gasteiger partial charge in [0.2, 0.25) is 0 Å². The zero-order valence-electron chi connectivity index (χ0n) is 18.2. The van der Waals surface area contributed by atoms with E-state index in [0.717, 1.165) is 12.1 Å². The number of amides is 1. The number of methoxy groups -OCH3 is 1. The SMILES string of the molecule is COc1cc(-c2ccc(C(F)(F)F)cc2F)c2ncc(C(=O)N[C@@H](C)c3ccccn3)cc2c1. The first-order valence-corrected chi connectivity index (χ1v) is 10.2. The average Bonchev–Trinajstić information content (AvgIpc) is 2.82. The van der Waals surface area contributed by atoms with Crippen LogP contribution in [0.1, 0.15) is 34.6 Å². The first-order chi connectivity index (χ1) is 16.2. The van der Waals surface area contributed by atoms with Gasteiger partial charge in [-0.05, 0) is 49.4 Å². The molecule has 0 aliphatic heterocycles. The Morgan fingerprint density at radius 1 is 1.03 bits per heavy atom. The molecule has 2 aromatic carbocycles. The predicted molar refractivity (Wildman–Crippen MR) is 119 cm³/mol. The minimum absolute atomic E-state index is 0.0645. The van der Waals surface area contributed by atoms with Crippen molar-refractivity contribution in [3.05, 3.63) is 89.6 Å². The highest BCUT2D eigenvalue weighted by Crippen LogP contribution is 2.37. The lowest BCUT2D eigenvalue weighted by Crippen LogP contribution is -2.27. The lowest BCUT2D eigenvalue weighted by Gasteiger charge is -2.15. The van der Waals surface area contributed by atoms with E-state index in [2.05, 4.69) is 15.3 Å². The molecular formula is C25H19F4N3O2. The molecule has 0 aliphatic carbocycles. The van der Waals surface area contributed by atoms with E-state index in [1.807, 2.05) is 6.07 Å². The molecule has 0 aliphatic rings. The van der Waals surface area contributed by atoms with Gasteiger partial charge in [0.15, 0.2) is 0 Å². The summed E-state index contributed by atoms with van der Waals surface area (Å²) < 4.78 is 58.8. The fraction of sp³-hybridized carbons (Fsp3) is 0.160. The van der Waals surface area contributed by atoms with Crippen LogP contribution in [0.4, 0.5) is 17.6 Å². The summed E-state index contributed by atoms with van der Waals surface area (Å²) in [5.74, 6) is -1.10. The number of rotatable bonds is 5. The minimum Gasteiger partial charge on any atom is -0.497 e. The van der Waals surface area contributed by atoms with Gasteiger partial charge >= 0.3 is 6.18 Å². The number of nitrogens with one attached hydrogen (secondary N) is 1. The molecule has 0 fully saturated rings. The van der Waals surface area contributed by atoms with E-state index in [1.165, 1.54) is 19.4 Å². The number of fused-ring (bicyclic) bond motifs is 1. The third-order valence-corrected chi connectivity index (χ3v) is 5.32. The van der Waals surface area contributed by atoms with Crippen molar-refractivity contribution in [1.29, 1.82) is 0 Å². The zero-order chi connectivity index (χ0) is 24.5. The van der Waals surface area contributed by atoms with Crippen LogP contribution < -0.4 is 10.1 Å². The largest absolute Gasteiger partial charge is 0.497 e. The standard InChI is InChI=1S/C25H19F4N3O2/c1-14(22-5-3-4-8-30-22)32-24(33)16-9-15-10-18(34-2)12-20(23(15)31-13-16)19-7-6-17(11-21(19)26)25(27,28)29/h3-14H,1-2H3,(H,32,33)/t14-/m0/s1. The molecule has 0 saturated carbocycles. The van der Waals surface area contributed by atoms with Crippen molar-refractivity contribution < 1.29 is 27.1 Å². The van der Waals surface area contributed by atoms with Gasteiger partial charge in [-0.2, -0.15) is 13.2 Å². The van der Waals surface area contributed by atoms with E-state index in [0.29, 0.717) is 28.4 Å². The Hall–Kier alpha value is -4.01. The maximum atomic E-state index is 14.7. The molecule has 1 N–H and O–H groups in total. The molecule has 1 atom stereocenters. The maximum absolute atomic E-state index is 14.7. The van der Waals surface area contributed by atoms with E-state index in [1.54, 1.807) is 37.4 Å². The van der Waals surface area contributed by atoms with E-state index < -0.39 is 23.5 Å². The Balaban J connectivity index is 1.73. The summed E-state index contributed by atoms with van der Waals surface area (Å²) in [5.41, 5.74) is 0.345. The van der Waals surface area contributed by atoms with Crippen molar-refractivity contribution in [2.45, 2.75) is 19.1 Å². The Kier molecular flexibility index (Phi) is 6.19. The average molecular weight is 469 g/mol. The number of halogens is 4. The number of pyridine rings is 2. The molecule has 4 aromatic rings. The summed E-state index contributed by atoms with van der Waals surface area (Å²) >= 11 is 0. The Bertz CT molecular complexity index is 1360. The number of aromatic nitrogens is 2. The van der Waals surface area contributed by atoms with Crippen molar-refractivity contribution in [1.82, 2.24) is 15.3 Å². The molecule has 5 nitrogen and oxygen atoms in total. The van der Waals surface area contributed by atoms with Gasteiger partial charge in [-0.3, -0.25) is 14.8 Å². The second kappa shape index (κ2) is 9.09. The van der Waals surface area contributed by atoms with Gasteiger partial charge in [-0.25, -0.2) is 4.39 Å². The van der Waals surface area contributed by atoms with Crippen LogP contribution in [0, 0.1) is 5.82 Å². The van der Waals surface area contributed by atoms with Crippen molar-refractivity contribution in [2.24, 2.45) is 0 Å². The second-order valence-electron chi connectivity index (χ2n) is 7.61. The molecule has 34 heavy (non-hydrogen) atoms. The van der Waals surface area contributed by atoms with Crippen LogP contribution >= 0.6 is 0 Å². The van der Waals surface area contributed by atoms with Crippen molar-refractivity contribution in [2.75, 3.05) is 7.11 Å². The molecule has 1 amide bonds. The quantitative estimate of drug-likeness (QED) is 0.367. The Morgan fingerprint density at radius 3 is 2.47 bits per heavy atom. The summed E-state index contributed by atoms with van der Waals surface area (Å²) in [6.07, 6.45) is -1.70.